The summed E-state index contributed by atoms with van der Waals surface area (Å²) in [4.78, 5) is 0. The van der Waals surface area contributed by atoms with Gasteiger partial charge in [-0.2, -0.15) is 0 Å². The molecule has 0 amide bonds. The summed E-state index contributed by atoms with van der Waals surface area (Å²) in [5.74, 6) is 0. The normalized spacial score (nSPS) is 23.1. The average molecular weight is 495 g/mol. The second-order valence-corrected chi connectivity index (χ2v) is 4.71. The van der Waals surface area contributed by atoms with E-state index in [0.29, 0.717) is 0 Å². The number of hydrogen-bond acceptors (Lipinski definition) is 0. The van der Waals surface area contributed by atoms with Gasteiger partial charge >= 0.3 is 27.4 Å². The molecule has 0 saturated carbocycles. The molecule has 0 aromatic heterocycles. The van der Waals surface area contributed by atoms with Gasteiger partial charge in [-0.3, -0.25) is 0 Å². The molecule has 128 valence electrons. The van der Waals surface area contributed by atoms with Crippen LogP contribution in [0.2, 0.25) is 0 Å². The molecule has 22 heavy (non-hydrogen) atoms. The summed E-state index contributed by atoms with van der Waals surface area (Å²) >= 11 is 0. The zero-order valence-corrected chi connectivity index (χ0v) is 15.1. The standard InChI is InChI=1S/2C8H12.BF4.Ir/c2*1-2-4-6-8-7-5-3-1;2-1(3,4)5;/h2*1-2,5,7H,3-4,6,8H2;;/q;;-1;+1/b2*2-1-,7-5-;;. The van der Waals surface area contributed by atoms with Gasteiger partial charge in [0.1, 0.15) is 0 Å². The van der Waals surface area contributed by atoms with E-state index in [2.05, 4.69) is 48.6 Å². The Morgan fingerprint density at radius 3 is 0.955 bits per heavy atom. The van der Waals surface area contributed by atoms with Gasteiger partial charge < -0.3 is 17.3 Å². The Balaban J connectivity index is 0. The van der Waals surface area contributed by atoms with Gasteiger partial charge in [-0.1, -0.05) is 48.6 Å². The first-order chi connectivity index (χ1) is 10.0. The van der Waals surface area contributed by atoms with Crippen LogP contribution < -0.4 is 0 Å². The first kappa shape index (κ1) is 23.7. The van der Waals surface area contributed by atoms with Crippen molar-refractivity contribution in [3.63, 3.8) is 0 Å². The zero-order chi connectivity index (χ0) is 15.8. The zero-order valence-electron chi connectivity index (χ0n) is 12.7. The van der Waals surface area contributed by atoms with E-state index in [4.69, 9.17) is 0 Å². The van der Waals surface area contributed by atoms with E-state index in [0.717, 1.165) is 12.8 Å². The second kappa shape index (κ2) is 16.8. The molecule has 0 nitrogen and oxygen atoms in total. The third-order valence-corrected chi connectivity index (χ3v) is 2.69. The Kier molecular flexibility index (Phi) is 18.0. The SMILES string of the molecule is C1=C\CCC/C=C\C/1.C1=C\CCC/C=C\C/1.F[B-](F)(F)F.[Ir+]. The quantitative estimate of drug-likeness (QED) is 0.201. The molecule has 6 heteroatoms. The van der Waals surface area contributed by atoms with Crippen LogP contribution in [0.5, 0.6) is 0 Å². The summed E-state index contributed by atoms with van der Waals surface area (Å²) in [7, 11) is -6.00. The van der Waals surface area contributed by atoms with Crippen LogP contribution in [0.3, 0.4) is 0 Å². The Labute approximate surface area is 144 Å². The van der Waals surface area contributed by atoms with Crippen LogP contribution in [0.4, 0.5) is 17.3 Å². The second-order valence-electron chi connectivity index (χ2n) is 4.71. The van der Waals surface area contributed by atoms with Crippen molar-refractivity contribution in [3.05, 3.63) is 48.6 Å². The summed E-state index contributed by atoms with van der Waals surface area (Å²) in [5.41, 5.74) is 0. The van der Waals surface area contributed by atoms with E-state index in [-0.39, 0.29) is 20.1 Å². The minimum atomic E-state index is -6.00. The first-order valence-corrected chi connectivity index (χ1v) is 7.47. The maximum Gasteiger partial charge on any atom is 1.00 e. The number of rotatable bonds is 0. The number of allylic oxidation sites excluding steroid dienone is 8. The smallest absolute Gasteiger partial charge is 0.418 e. The van der Waals surface area contributed by atoms with E-state index in [9.17, 15) is 17.3 Å². The van der Waals surface area contributed by atoms with Gasteiger partial charge in [-0.05, 0) is 51.4 Å². The van der Waals surface area contributed by atoms with Gasteiger partial charge in [0.05, 0.1) is 0 Å². The molecule has 0 aromatic rings. The third-order valence-electron chi connectivity index (χ3n) is 2.69. The van der Waals surface area contributed by atoms with Crippen molar-refractivity contribution in [1.29, 1.82) is 0 Å². The maximum atomic E-state index is 9.75. The third kappa shape index (κ3) is 27.7. The van der Waals surface area contributed by atoms with Crippen LogP contribution in [0.15, 0.2) is 48.6 Å². The fourth-order valence-electron chi connectivity index (χ4n) is 1.72. The maximum absolute atomic E-state index is 9.75. The molecule has 2 rings (SSSR count). The molecule has 0 unspecified atom stereocenters. The van der Waals surface area contributed by atoms with Gasteiger partial charge in [0, 0.05) is 0 Å². The summed E-state index contributed by atoms with van der Waals surface area (Å²) < 4.78 is 39.0. The Hall–Kier alpha value is -0.606. The van der Waals surface area contributed by atoms with Crippen LogP contribution >= 0.6 is 0 Å². The summed E-state index contributed by atoms with van der Waals surface area (Å²) in [6.07, 6.45) is 28.0. The Morgan fingerprint density at radius 2 is 0.727 bits per heavy atom. The summed E-state index contributed by atoms with van der Waals surface area (Å²) in [5, 5.41) is 0. The van der Waals surface area contributed by atoms with Gasteiger partial charge in [-0.15, -0.1) is 0 Å². The molecule has 0 saturated heterocycles. The van der Waals surface area contributed by atoms with Crippen LogP contribution in [-0.4, -0.2) is 7.25 Å². The van der Waals surface area contributed by atoms with Crippen molar-refractivity contribution in [2.75, 3.05) is 0 Å². The topological polar surface area (TPSA) is 0 Å². The molecule has 0 aliphatic heterocycles. The van der Waals surface area contributed by atoms with Gasteiger partial charge in [-0.25, -0.2) is 0 Å². The largest absolute Gasteiger partial charge is 1.00 e. The van der Waals surface area contributed by atoms with E-state index in [1.807, 2.05) is 0 Å². The van der Waals surface area contributed by atoms with Crippen molar-refractivity contribution >= 4 is 7.25 Å². The fraction of sp³-hybridized carbons (Fsp3) is 0.500. The van der Waals surface area contributed by atoms with Crippen LogP contribution in [0.25, 0.3) is 0 Å². The molecule has 0 bridgehead atoms. The number of halogens is 4. The molecule has 2 aliphatic rings. The number of hydrogen-bond donors (Lipinski definition) is 0. The first-order valence-electron chi connectivity index (χ1n) is 7.47. The van der Waals surface area contributed by atoms with E-state index in [1.54, 1.807) is 0 Å². The molecular formula is C16H24BF4Ir. The summed E-state index contributed by atoms with van der Waals surface area (Å²) in [6, 6.07) is 0. The van der Waals surface area contributed by atoms with Gasteiger partial charge in [0.2, 0.25) is 0 Å². The van der Waals surface area contributed by atoms with Crippen molar-refractivity contribution in [2.24, 2.45) is 0 Å². The monoisotopic (exact) mass is 496 g/mol. The predicted molar refractivity (Wildman–Crippen MR) is 83.7 cm³/mol. The summed E-state index contributed by atoms with van der Waals surface area (Å²) in [6.45, 7) is 0. The Morgan fingerprint density at radius 1 is 0.500 bits per heavy atom. The average Bonchev–Trinajstić information content (AvgIpc) is 2.24. The van der Waals surface area contributed by atoms with Crippen molar-refractivity contribution in [2.45, 2.75) is 51.4 Å². The van der Waals surface area contributed by atoms with E-state index < -0.39 is 7.25 Å². The Bertz CT molecular complexity index is 289. The molecule has 0 atom stereocenters. The van der Waals surface area contributed by atoms with Gasteiger partial charge in [0.25, 0.3) is 0 Å². The molecule has 0 fully saturated rings. The van der Waals surface area contributed by atoms with Crippen LogP contribution in [0.1, 0.15) is 51.4 Å². The van der Waals surface area contributed by atoms with Crippen molar-refractivity contribution < 1.29 is 37.4 Å². The molecule has 0 N–H and O–H groups in total. The van der Waals surface area contributed by atoms with E-state index in [1.165, 1.54) is 38.5 Å². The van der Waals surface area contributed by atoms with E-state index >= 15 is 0 Å². The molecule has 0 spiro atoms. The molecule has 0 radical (unpaired) electrons. The fourth-order valence-corrected chi connectivity index (χ4v) is 1.72. The van der Waals surface area contributed by atoms with Crippen molar-refractivity contribution in [3.8, 4) is 0 Å². The molecule has 0 aromatic carbocycles. The molecule has 2 aliphatic carbocycles. The predicted octanol–water partition coefficient (Wildman–Crippen LogP) is 6.64. The molecule has 0 heterocycles. The minimum absolute atomic E-state index is 0. The van der Waals surface area contributed by atoms with Crippen LogP contribution in [0, 0.1) is 0 Å². The molecular weight excluding hydrogens is 471 g/mol. The van der Waals surface area contributed by atoms with Crippen molar-refractivity contribution in [1.82, 2.24) is 0 Å². The van der Waals surface area contributed by atoms with Gasteiger partial charge in [0.15, 0.2) is 0 Å². The minimum Gasteiger partial charge on any atom is -0.418 e. The van der Waals surface area contributed by atoms with Crippen LogP contribution in [-0.2, 0) is 20.1 Å².